The quantitative estimate of drug-likeness (QED) is 0.579. The van der Waals surface area contributed by atoms with Gasteiger partial charge in [0.1, 0.15) is 6.29 Å². The first-order valence-electron chi connectivity index (χ1n) is 6.58. The SMILES string of the molecule is CCCCCN(C)Cc1cc(C(=O)O)ccc1C=O. The van der Waals surface area contributed by atoms with Crippen molar-refractivity contribution in [2.45, 2.75) is 32.7 Å². The van der Waals surface area contributed by atoms with E-state index >= 15 is 0 Å². The lowest BCUT2D eigenvalue weighted by atomic mass is 10.0. The number of hydrogen-bond acceptors (Lipinski definition) is 3. The maximum absolute atomic E-state index is 11.0. The Bertz CT molecular complexity index is 443. The Morgan fingerprint density at radius 2 is 2.11 bits per heavy atom. The molecule has 1 rings (SSSR count). The Kier molecular flexibility index (Phi) is 6.22. The summed E-state index contributed by atoms with van der Waals surface area (Å²) in [7, 11) is 1.98. The Morgan fingerprint density at radius 1 is 1.37 bits per heavy atom. The third kappa shape index (κ3) is 4.83. The summed E-state index contributed by atoms with van der Waals surface area (Å²) in [4.78, 5) is 24.0. The van der Waals surface area contributed by atoms with Crippen molar-refractivity contribution < 1.29 is 14.7 Å². The van der Waals surface area contributed by atoms with Crippen LogP contribution in [0.2, 0.25) is 0 Å². The third-order valence-corrected chi connectivity index (χ3v) is 3.10. The van der Waals surface area contributed by atoms with Crippen LogP contribution in [0.1, 0.15) is 52.5 Å². The van der Waals surface area contributed by atoms with Gasteiger partial charge in [-0.05, 0) is 37.7 Å². The largest absolute Gasteiger partial charge is 0.478 e. The fourth-order valence-corrected chi connectivity index (χ4v) is 1.99. The van der Waals surface area contributed by atoms with Gasteiger partial charge in [0.15, 0.2) is 0 Å². The van der Waals surface area contributed by atoms with Crippen LogP contribution in [0.3, 0.4) is 0 Å². The van der Waals surface area contributed by atoms with E-state index < -0.39 is 5.97 Å². The zero-order chi connectivity index (χ0) is 14.3. The molecule has 0 aliphatic heterocycles. The van der Waals surface area contributed by atoms with Gasteiger partial charge >= 0.3 is 5.97 Å². The third-order valence-electron chi connectivity index (χ3n) is 3.10. The van der Waals surface area contributed by atoms with Crippen LogP contribution in [0.15, 0.2) is 18.2 Å². The van der Waals surface area contributed by atoms with Crippen molar-refractivity contribution in [3.63, 3.8) is 0 Å². The summed E-state index contributed by atoms with van der Waals surface area (Å²) in [6.45, 7) is 3.70. The second-order valence-corrected chi connectivity index (χ2v) is 4.78. The van der Waals surface area contributed by atoms with Crippen molar-refractivity contribution >= 4 is 12.3 Å². The van der Waals surface area contributed by atoms with E-state index in [9.17, 15) is 9.59 Å². The molecule has 0 heterocycles. The molecule has 4 nitrogen and oxygen atoms in total. The summed E-state index contributed by atoms with van der Waals surface area (Å²) in [5.74, 6) is -0.965. The van der Waals surface area contributed by atoms with Crippen LogP contribution in [-0.4, -0.2) is 35.9 Å². The van der Waals surface area contributed by atoms with Gasteiger partial charge in [-0.1, -0.05) is 25.8 Å². The highest BCUT2D eigenvalue weighted by Crippen LogP contribution is 2.13. The van der Waals surface area contributed by atoms with E-state index in [0.717, 1.165) is 24.8 Å². The normalized spacial score (nSPS) is 10.7. The molecule has 0 saturated carbocycles. The topological polar surface area (TPSA) is 57.6 Å². The van der Waals surface area contributed by atoms with E-state index in [1.54, 1.807) is 12.1 Å². The molecule has 0 unspecified atom stereocenters. The van der Waals surface area contributed by atoms with E-state index in [2.05, 4.69) is 11.8 Å². The second kappa shape index (κ2) is 7.69. The number of nitrogens with zero attached hydrogens (tertiary/aromatic N) is 1. The van der Waals surface area contributed by atoms with Gasteiger partial charge in [0, 0.05) is 12.1 Å². The lowest BCUT2D eigenvalue weighted by Gasteiger charge is -2.17. The van der Waals surface area contributed by atoms with Gasteiger partial charge in [-0.15, -0.1) is 0 Å². The second-order valence-electron chi connectivity index (χ2n) is 4.78. The van der Waals surface area contributed by atoms with Crippen molar-refractivity contribution in [2.24, 2.45) is 0 Å². The lowest BCUT2D eigenvalue weighted by Crippen LogP contribution is -2.20. The van der Waals surface area contributed by atoms with Gasteiger partial charge in [0.25, 0.3) is 0 Å². The molecule has 1 N–H and O–H groups in total. The predicted octanol–water partition coefficient (Wildman–Crippen LogP) is 2.82. The van der Waals surface area contributed by atoms with Crippen LogP contribution in [0.4, 0.5) is 0 Å². The molecule has 0 amide bonds. The van der Waals surface area contributed by atoms with Gasteiger partial charge in [-0.2, -0.15) is 0 Å². The van der Waals surface area contributed by atoms with Crippen molar-refractivity contribution in [2.75, 3.05) is 13.6 Å². The molecule has 19 heavy (non-hydrogen) atoms. The van der Waals surface area contributed by atoms with Crippen LogP contribution in [0.25, 0.3) is 0 Å². The van der Waals surface area contributed by atoms with Crippen molar-refractivity contribution in [3.05, 3.63) is 34.9 Å². The van der Waals surface area contributed by atoms with Gasteiger partial charge in [-0.25, -0.2) is 4.79 Å². The smallest absolute Gasteiger partial charge is 0.335 e. The van der Waals surface area contributed by atoms with Gasteiger partial charge < -0.3 is 10.0 Å². The molecule has 1 aromatic carbocycles. The predicted molar refractivity (Wildman–Crippen MR) is 74.6 cm³/mol. The molecule has 0 bridgehead atoms. The first-order valence-corrected chi connectivity index (χ1v) is 6.58. The molecule has 104 valence electrons. The van der Waals surface area contributed by atoms with Crippen LogP contribution in [0, 0.1) is 0 Å². The highest BCUT2D eigenvalue weighted by atomic mass is 16.4. The molecule has 0 spiro atoms. The summed E-state index contributed by atoms with van der Waals surface area (Å²) < 4.78 is 0. The standard InChI is InChI=1S/C15H21NO3/c1-3-4-5-8-16(2)10-14-9-12(15(18)19)6-7-13(14)11-17/h6-7,9,11H,3-5,8,10H2,1-2H3,(H,18,19). The Morgan fingerprint density at radius 3 is 2.68 bits per heavy atom. The van der Waals surface area contributed by atoms with Crippen LogP contribution >= 0.6 is 0 Å². The number of carboxylic acid groups (broad SMARTS) is 1. The molecular weight excluding hydrogens is 242 g/mol. The van der Waals surface area contributed by atoms with E-state index in [-0.39, 0.29) is 5.56 Å². The Hall–Kier alpha value is -1.68. The minimum Gasteiger partial charge on any atom is -0.478 e. The first kappa shape index (κ1) is 15.4. The molecule has 0 fully saturated rings. The summed E-state index contributed by atoms with van der Waals surface area (Å²) in [6, 6.07) is 4.63. The fourth-order valence-electron chi connectivity index (χ4n) is 1.99. The summed E-state index contributed by atoms with van der Waals surface area (Å²) in [5, 5.41) is 8.98. The number of rotatable bonds is 8. The number of carbonyl (C=O) groups is 2. The van der Waals surface area contributed by atoms with E-state index in [1.807, 2.05) is 7.05 Å². The number of unbranched alkanes of at least 4 members (excludes halogenated alkanes) is 2. The monoisotopic (exact) mass is 263 g/mol. The molecule has 4 heteroatoms. The number of carboxylic acids is 1. The minimum absolute atomic E-state index is 0.225. The van der Waals surface area contributed by atoms with Gasteiger partial charge in [0.2, 0.25) is 0 Å². The number of aldehydes is 1. The Balaban J connectivity index is 2.76. The number of carbonyl (C=O) groups excluding carboxylic acids is 1. The average Bonchev–Trinajstić information content (AvgIpc) is 2.38. The van der Waals surface area contributed by atoms with Gasteiger partial charge in [0.05, 0.1) is 5.56 Å². The van der Waals surface area contributed by atoms with E-state index in [4.69, 9.17) is 5.11 Å². The first-order chi connectivity index (χ1) is 9.08. The Labute approximate surface area is 114 Å². The van der Waals surface area contributed by atoms with E-state index in [0.29, 0.717) is 12.1 Å². The molecule has 0 aromatic heterocycles. The maximum atomic E-state index is 11.0. The number of hydrogen-bond donors (Lipinski definition) is 1. The van der Waals surface area contributed by atoms with Crippen LogP contribution in [-0.2, 0) is 6.54 Å². The maximum Gasteiger partial charge on any atom is 0.335 e. The van der Waals surface area contributed by atoms with Crippen LogP contribution < -0.4 is 0 Å². The summed E-state index contributed by atoms with van der Waals surface area (Å²) in [5.41, 5.74) is 1.56. The fraction of sp³-hybridized carbons (Fsp3) is 0.467. The number of benzene rings is 1. The zero-order valence-electron chi connectivity index (χ0n) is 11.6. The summed E-state index contributed by atoms with van der Waals surface area (Å²) in [6.07, 6.45) is 4.24. The lowest BCUT2D eigenvalue weighted by molar-refractivity contribution is 0.0696. The molecule has 0 saturated heterocycles. The van der Waals surface area contributed by atoms with Crippen molar-refractivity contribution in [3.8, 4) is 0 Å². The zero-order valence-corrected chi connectivity index (χ0v) is 11.6. The number of aromatic carboxylic acids is 1. The highest BCUT2D eigenvalue weighted by Gasteiger charge is 2.10. The summed E-state index contributed by atoms with van der Waals surface area (Å²) >= 11 is 0. The molecule has 0 aliphatic rings. The molecular formula is C15H21NO3. The van der Waals surface area contributed by atoms with Crippen LogP contribution in [0.5, 0.6) is 0 Å². The van der Waals surface area contributed by atoms with E-state index in [1.165, 1.54) is 18.9 Å². The van der Waals surface area contributed by atoms with Crippen molar-refractivity contribution in [1.82, 2.24) is 4.90 Å². The molecule has 0 radical (unpaired) electrons. The van der Waals surface area contributed by atoms with Gasteiger partial charge in [-0.3, -0.25) is 4.79 Å². The van der Waals surface area contributed by atoms with Crippen molar-refractivity contribution in [1.29, 1.82) is 0 Å². The highest BCUT2D eigenvalue weighted by molar-refractivity contribution is 5.89. The molecule has 0 atom stereocenters. The minimum atomic E-state index is -0.965. The average molecular weight is 263 g/mol. The molecule has 0 aliphatic carbocycles. The molecule has 1 aromatic rings.